The van der Waals surface area contributed by atoms with Gasteiger partial charge in [0, 0.05) is 67.0 Å². The Labute approximate surface area is 810 Å². The predicted molar refractivity (Wildman–Crippen MR) is 561 cm³/mol. The van der Waals surface area contributed by atoms with Gasteiger partial charge in [-0.1, -0.05) is 395 Å². The molecule has 3 aromatic carbocycles. The Hall–Kier alpha value is -6.70. The zero-order valence-electron chi connectivity index (χ0n) is 78.1. The second kappa shape index (κ2) is 52.8. The number of fused-ring (bicyclic) bond motifs is 16. The second-order valence-corrected chi connectivity index (χ2v) is 43.3. The molecule has 2 aliphatic rings. The van der Waals surface area contributed by atoms with Crippen LogP contribution >= 0.6 is 103 Å². The molecule has 2 atom stereocenters. The number of unbranched alkanes of at least 4 members (excludes halogenated alkanes) is 40. The molecular formula is C110H138Cl4N8O2S5. The van der Waals surface area contributed by atoms with Crippen molar-refractivity contribution < 1.29 is 9.59 Å². The van der Waals surface area contributed by atoms with Crippen LogP contribution in [0.2, 0.25) is 20.1 Å². The summed E-state index contributed by atoms with van der Waals surface area (Å²) in [7, 11) is 0. The molecule has 2 unspecified atom stereocenters. The molecule has 0 saturated carbocycles. The van der Waals surface area contributed by atoms with E-state index in [-0.39, 0.29) is 65.1 Å². The summed E-state index contributed by atoms with van der Waals surface area (Å²) in [6, 6.07) is 14.8. The lowest BCUT2D eigenvalue weighted by molar-refractivity contribution is 0.103. The number of hydrogen-bond acceptors (Lipinski definition) is 13. The molecule has 0 fully saturated rings. The number of aryl methyl sites for hydroxylation is 2. The van der Waals surface area contributed by atoms with Crippen LogP contribution in [-0.4, -0.2) is 29.4 Å². The van der Waals surface area contributed by atoms with Crippen molar-refractivity contribution in [2.45, 2.75) is 389 Å². The van der Waals surface area contributed by atoms with E-state index in [1.54, 1.807) is 36.4 Å². The fourth-order valence-corrected chi connectivity index (χ4v) is 27.4. The molecule has 129 heavy (non-hydrogen) atoms. The number of carbonyl (C=O) groups excluding carboxylic acids is 2. The number of benzene rings is 3. The molecule has 0 radical (unpaired) electrons. The number of aromatic nitrogens is 4. The smallest absolute Gasteiger partial charge is 0.194 e. The van der Waals surface area contributed by atoms with Gasteiger partial charge in [-0.05, 0) is 122 Å². The fourth-order valence-electron chi connectivity index (χ4n) is 20.3. The van der Waals surface area contributed by atoms with Crippen LogP contribution in [0.1, 0.15) is 415 Å². The number of nitrogens with zero attached hydrogens (tertiary/aromatic N) is 8. The number of rotatable bonds is 60. The summed E-state index contributed by atoms with van der Waals surface area (Å²) in [5.74, 6) is 0.225. The SMILES string of the molecule is CCCCCCCCCCCCC(CCCCCCCCCC)Cn1c2c3sc(/C=C/C=C4\C(=O)c5cc(Cl)c(Cl)cc5C4=C(C#N)C#N)c(CCCCCCCCCCC)c3sc2c2c3nsnc3c3c4sc5c(CCCCCCCCCCC)c(/C=C/C=C6\C(=O)c7cc(Cl)c(Cl)cc7C6=C(C#N)C#N)sc5c4n(CC(CCCCCC)CCCCCCCC)c3c21. The Morgan fingerprint density at radius 2 is 0.620 bits per heavy atom. The largest absolute Gasteiger partial charge is 0.337 e. The van der Waals surface area contributed by atoms with E-state index in [9.17, 15) is 30.6 Å². The maximum atomic E-state index is 14.7. The number of allylic oxidation sites excluding steroid dienone is 10. The highest BCUT2D eigenvalue weighted by atomic mass is 35.5. The normalized spacial score (nSPS) is 14.1. The first-order chi connectivity index (χ1) is 63.2. The Balaban J connectivity index is 1.11. The lowest BCUT2D eigenvalue weighted by Gasteiger charge is -2.22. The van der Waals surface area contributed by atoms with Gasteiger partial charge in [-0.3, -0.25) is 9.59 Å². The van der Waals surface area contributed by atoms with Crippen molar-refractivity contribution >= 4 is 210 Å². The molecule has 688 valence electrons. The quantitative estimate of drug-likeness (QED) is 0.0206. The summed E-state index contributed by atoms with van der Waals surface area (Å²) >= 11 is 35.6. The maximum Gasteiger partial charge on any atom is 0.194 e. The minimum Gasteiger partial charge on any atom is -0.337 e. The lowest BCUT2D eigenvalue weighted by Crippen LogP contribution is -2.14. The topological polar surface area (TPSA) is 165 Å². The van der Waals surface area contributed by atoms with Gasteiger partial charge in [-0.25, -0.2) is 0 Å². The van der Waals surface area contributed by atoms with Gasteiger partial charge < -0.3 is 9.13 Å². The third-order valence-electron chi connectivity index (χ3n) is 27.4. The highest BCUT2D eigenvalue weighted by Gasteiger charge is 2.37. The first kappa shape index (κ1) is 101. The molecule has 10 aromatic rings. The van der Waals surface area contributed by atoms with Crippen LogP contribution in [0.15, 0.2) is 70.9 Å². The van der Waals surface area contributed by atoms with Crippen molar-refractivity contribution in [1.29, 1.82) is 21.0 Å². The summed E-state index contributed by atoms with van der Waals surface area (Å²) in [4.78, 5) is 31.7. The molecule has 7 heterocycles. The minimum absolute atomic E-state index is 0.149. The van der Waals surface area contributed by atoms with Crippen molar-refractivity contribution in [2.24, 2.45) is 11.8 Å². The van der Waals surface area contributed by atoms with E-state index >= 15 is 0 Å². The monoisotopic (exact) mass is 1900 g/mol. The number of Topliss-reactive ketones (excluding diaryl/α,β-unsaturated/α-hetero) is 2. The van der Waals surface area contributed by atoms with Crippen LogP contribution in [0.5, 0.6) is 0 Å². The lowest BCUT2D eigenvalue weighted by atomic mass is 9.93. The number of ketones is 2. The van der Waals surface area contributed by atoms with Crippen LogP contribution in [0.4, 0.5) is 0 Å². The van der Waals surface area contributed by atoms with E-state index in [2.05, 4.69) is 87.1 Å². The molecule has 0 aliphatic heterocycles. The van der Waals surface area contributed by atoms with Gasteiger partial charge in [-0.15, -0.1) is 45.3 Å². The third kappa shape index (κ3) is 25.3. The third-order valence-corrected chi connectivity index (χ3v) is 34.5. The first-order valence-electron chi connectivity index (χ1n) is 50.2. The second-order valence-electron chi connectivity index (χ2n) is 37.0. The molecule has 10 nitrogen and oxygen atoms in total. The Kier molecular flexibility index (Phi) is 41.5. The number of halogens is 4. The molecule has 12 rings (SSSR count). The molecule has 0 N–H and O–H groups in total. The fraction of sp³-hybridized carbons (Fsp3) is 0.564. The van der Waals surface area contributed by atoms with Gasteiger partial charge in [0.25, 0.3) is 0 Å². The van der Waals surface area contributed by atoms with Gasteiger partial charge in [0.05, 0.1) is 82.1 Å². The zero-order valence-corrected chi connectivity index (χ0v) is 85.2. The van der Waals surface area contributed by atoms with Crippen LogP contribution in [0, 0.1) is 57.2 Å². The summed E-state index contributed by atoms with van der Waals surface area (Å²) < 4.78 is 24.8. The predicted octanol–water partition coefficient (Wildman–Crippen LogP) is 38.3. The molecule has 0 saturated heterocycles. The van der Waals surface area contributed by atoms with Gasteiger partial charge in [0.1, 0.15) is 46.5 Å². The van der Waals surface area contributed by atoms with Crippen LogP contribution < -0.4 is 0 Å². The Morgan fingerprint density at radius 1 is 0.349 bits per heavy atom. The zero-order chi connectivity index (χ0) is 91.0. The van der Waals surface area contributed by atoms with Crippen molar-refractivity contribution in [3.05, 3.63) is 134 Å². The standard InChI is InChI=1S/C110H138Cl4N8O2S5/c1-7-13-19-25-30-34-37-39-44-50-58-76(57-49-43-38-33-28-22-16-10-4)74-122-100-96(108-102(122)110-106(128-108)80(60-52-46-41-36-32-27-21-15-9-3)92(126-110)64-54-62-82-94(78(71-117)72-118)84-66-88(112)90(114)68-86(84)104(82)124)98-97(119-129-120-98)95-99(100)121(73-75(55-47-24-18-12-6)56-48-42-29-23-17-11-5)101-107(95)127-105-79(59-51-45-40-35-31-26-20-14-8-2)91(125-109(101)105)63-53-61-81-93(77(69-115)70-116)83-65-87(111)89(113)67-85(83)103(81)123/h53-54,61-68,75-76H,7-52,55-60,73-74H2,1-6H3/b63-53+,64-54+,81-61-,82-62-. The van der Waals surface area contributed by atoms with Gasteiger partial charge >= 0.3 is 0 Å². The van der Waals surface area contributed by atoms with E-state index in [1.165, 1.54) is 354 Å². The summed E-state index contributed by atoms with van der Waals surface area (Å²) in [5, 5.41) is 45.4. The summed E-state index contributed by atoms with van der Waals surface area (Å²) in [6.45, 7) is 15.6. The van der Waals surface area contributed by atoms with Gasteiger partial charge in [-0.2, -0.15) is 29.8 Å². The van der Waals surface area contributed by atoms with Crippen molar-refractivity contribution in [3.63, 3.8) is 0 Å². The van der Waals surface area contributed by atoms with Crippen LogP contribution in [0.25, 0.3) is 95.4 Å². The first-order valence-corrected chi connectivity index (χ1v) is 55.7. The minimum atomic E-state index is -0.300. The molecule has 0 spiro atoms. The van der Waals surface area contributed by atoms with Crippen molar-refractivity contribution in [3.8, 4) is 24.3 Å². The molecular weight excluding hydrogens is 1770 g/mol. The molecule has 19 heteroatoms. The summed E-state index contributed by atoms with van der Waals surface area (Å²) in [6.07, 6.45) is 75.8. The van der Waals surface area contributed by atoms with E-state index < -0.39 is 0 Å². The number of thiophene rings is 4. The highest BCUT2D eigenvalue weighted by Crippen LogP contribution is 2.56. The van der Waals surface area contributed by atoms with E-state index in [4.69, 9.17) is 55.2 Å². The van der Waals surface area contributed by atoms with Gasteiger partial charge in [0.2, 0.25) is 0 Å². The molecule has 0 amide bonds. The average molecular weight is 1910 g/mol. The van der Waals surface area contributed by atoms with Crippen molar-refractivity contribution in [2.75, 3.05) is 0 Å². The van der Waals surface area contributed by atoms with Gasteiger partial charge in [0.15, 0.2) is 11.6 Å². The number of nitriles is 4. The van der Waals surface area contributed by atoms with Crippen LogP contribution in [0.3, 0.4) is 0 Å². The average Bonchev–Trinajstić information content (AvgIpc) is 1.50. The highest BCUT2D eigenvalue weighted by molar-refractivity contribution is 7.34. The number of carbonyl (C=O) groups is 2. The van der Waals surface area contributed by atoms with Crippen molar-refractivity contribution in [1.82, 2.24) is 17.9 Å². The number of hydrogen-bond donors (Lipinski definition) is 0. The molecule has 7 aromatic heterocycles. The summed E-state index contributed by atoms with van der Waals surface area (Å²) in [5.41, 5.74) is 12.2. The molecule has 2 aliphatic carbocycles. The van der Waals surface area contributed by atoms with Crippen LogP contribution in [-0.2, 0) is 25.9 Å². The van der Waals surface area contributed by atoms with E-state index in [0.717, 1.165) is 98.1 Å². The Bertz CT molecular complexity index is 5800. The molecule has 0 bridgehead atoms. The Morgan fingerprint density at radius 3 is 0.915 bits per heavy atom. The van der Waals surface area contributed by atoms with E-state index in [1.807, 2.05) is 57.5 Å². The maximum absolute atomic E-state index is 14.7. The van der Waals surface area contributed by atoms with E-state index in [0.29, 0.717) is 34.1 Å².